The number of aliphatic hydroxyl groups excluding tert-OH is 1. The molecule has 2 heteroatoms. The van der Waals surface area contributed by atoms with Crippen molar-refractivity contribution in [2.45, 2.75) is 33.3 Å². The minimum atomic E-state index is -0.469. The second kappa shape index (κ2) is 4.23. The van der Waals surface area contributed by atoms with Gasteiger partial charge in [-0.2, -0.15) is 0 Å². The lowest BCUT2D eigenvalue weighted by Gasteiger charge is -2.00. The van der Waals surface area contributed by atoms with Crippen molar-refractivity contribution in [3.8, 4) is 0 Å². The first kappa shape index (κ1) is 9.37. The minimum Gasteiger partial charge on any atom is -0.389 e. The third-order valence-corrected chi connectivity index (χ3v) is 1.42. The molecule has 0 bridgehead atoms. The highest BCUT2D eigenvalue weighted by atomic mass is 16.3. The zero-order valence-corrected chi connectivity index (χ0v) is 6.72. The lowest BCUT2D eigenvalue weighted by molar-refractivity contribution is -0.113. The molecular weight excluding hydrogens is 128 g/mol. The number of ketones is 1. The van der Waals surface area contributed by atoms with Crippen LogP contribution in [0.3, 0.4) is 0 Å². The predicted molar refractivity (Wildman–Crippen MR) is 40.7 cm³/mol. The lowest BCUT2D eigenvalue weighted by atomic mass is 10.1. The summed E-state index contributed by atoms with van der Waals surface area (Å²) < 4.78 is 0. The summed E-state index contributed by atoms with van der Waals surface area (Å²) in [5.41, 5.74) is 0.634. The van der Waals surface area contributed by atoms with Crippen LogP contribution in [0.2, 0.25) is 0 Å². The maximum absolute atomic E-state index is 10.6. The van der Waals surface area contributed by atoms with Crippen molar-refractivity contribution in [2.75, 3.05) is 0 Å². The van der Waals surface area contributed by atoms with E-state index in [9.17, 15) is 4.79 Å². The van der Waals surface area contributed by atoms with Crippen LogP contribution in [-0.4, -0.2) is 17.0 Å². The molecule has 1 unspecified atom stereocenters. The van der Waals surface area contributed by atoms with Gasteiger partial charge < -0.3 is 5.11 Å². The van der Waals surface area contributed by atoms with Crippen LogP contribution in [-0.2, 0) is 4.79 Å². The summed E-state index contributed by atoms with van der Waals surface area (Å²) in [5.74, 6) is 0.0208. The Balaban J connectivity index is 4.02. The van der Waals surface area contributed by atoms with E-state index < -0.39 is 6.10 Å². The van der Waals surface area contributed by atoms with E-state index in [2.05, 4.69) is 0 Å². The van der Waals surface area contributed by atoms with Crippen molar-refractivity contribution in [1.82, 2.24) is 0 Å². The molecule has 0 aliphatic rings. The largest absolute Gasteiger partial charge is 0.389 e. The van der Waals surface area contributed by atoms with Crippen LogP contribution >= 0.6 is 0 Å². The van der Waals surface area contributed by atoms with Gasteiger partial charge in [-0.05, 0) is 31.9 Å². The topological polar surface area (TPSA) is 37.3 Å². The van der Waals surface area contributed by atoms with Crippen molar-refractivity contribution in [3.63, 3.8) is 0 Å². The summed E-state index contributed by atoms with van der Waals surface area (Å²) in [6.07, 6.45) is 1.77. The molecule has 58 valence electrons. The van der Waals surface area contributed by atoms with Gasteiger partial charge in [-0.25, -0.2) is 0 Å². The maximum atomic E-state index is 10.6. The highest BCUT2D eigenvalue weighted by molar-refractivity contribution is 5.92. The molecule has 0 aromatic carbocycles. The van der Waals surface area contributed by atoms with E-state index in [1.165, 1.54) is 6.92 Å². The highest BCUT2D eigenvalue weighted by Crippen LogP contribution is 1.99. The first-order valence-electron chi connectivity index (χ1n) is 3.45. The zero-order valence-electron chi connectivity index (χ0n) is 6.72. The Bertz CT molecular complexity index is 147. The molecule has 0 saturated carbocycles. The van der Waals surface area contributed by atoms with Gasteiger partial charge in [0.25, 0.3) is 0 Å². The van der Waals surface area contributed by atoms with E-state index in [0.717, 1.165) is 0 Å². The number of carbonyl (C=O) groups excluding carboxylic acids is 1. The van der Waals surface area contributed by atoms with Gasteiger partial charge in [0.15, 0.2) is 5.78 Å². The van der Waals surface area contributed by atoms with Crippen LogP contribution in [0.15, 0.2) is 11.6 Å². The Kier molecular flexibility index (Phi) is 3.96. The summed E-state index contributed by atoms with van der Waals surface area (Å²) in [5, 5.41) is 9.05. The van der Waals surface area contributed by atoms with Crippen LogP contribution in [0.5, 0.6) is 0 Å². The van der Waals surface area contributed by atoms with Crippen LogP contribution in [0, 0.1) is 0 Å². The van der Waals surface area contributed by atoms with E-state index in [1.807, 2.05) is 6.92 Å². The molecule has 2 nitrogen and oxygen atoms in total. The number of rotatable bonds is 3. The van der Waals surface area contributed by atoms with Gasteiger partial charge in [0.05, 0.1) is 6.10 Å². The molecule has 0 aromatic heterocycles. The van der Waals surface area contributed by atoms with E-state index >= 15 is 0 Å². The summed E-state index contributed by atoms with van der Waals surface area (Å²) in [6.45, 7) is 5.07. The number of carbonyl (C=O) groups is 1. The monoisotopic (exact) mass is 142 g/mol. The zero-order chi connectivity index (χ0) is 8.15. The van der Waals surface area contributed by atoms with Crippen LogP contribution in [0.1, 0.15) is 27.2 Å². The first-order chi connectivity index (χ1) is 4.57. The second-order valence-electron chi connectivity index (χ2n) is 2.38. The molecule has 0 amide bonds. The summed E-state index contributed by atoms with van der Waals surface area (Å²) in [7, 11) is 0. The van der Waals surface area contributed by atoms with Gasteiger partial charge in [-0.15, -0.1) is 0 Å². The lowest BCUT2D eigenvalue weighted by Crippen LogP contribution is -2.03. The SMILES string of the molecule is CCC(O)C=C(C)C(C)=O. The maximum Gasteiger partial charge on any atom is 0.155 e. The van der Waals surface area contributed by atoms with E-state index in [1.54, 1.807) is 13.0 Å². The molecular formula is C8H14O2. The third-order valence-electron chi connectivity index (χ3n) is 1.42. The average molecular weight is 142 g/mol. The number of hydrogen-bond donors (Lipinski definition) is 1. The molecule has 0 aromatic rings. The fraction of sp³-hybridized carbons (Fsp3) is 0.625. The Morgan fingerprint density at radius 3 is 2.40 bits per heavy atom. The molecule has 0 saturated heterocycles. The summed E-state index contributed by atoms with van der Waals surface area (Å²) >= 11 is 0. The number of aliphatic hydroxyl groups is 1. The number of Topliss-reactive ketones (excluding diaryl/α,β-unsaturated/α-hetero) is 1. The average Bonchev–Trinajstić information content (AvgIpc) is 1.87. The molecule has 1 N–H and O–H groups in total. The highest BCUT2D eigenvalue weighted by Gasteiger charge is 1.99. The molecule has 1 atom stereocenters. The van der Waals surface area contributed by atoms with Crippen LogP contribution < -0.4 is 0 Å². The number of hydrogen-bond acceptors (Lipinski definition) is 2. The molecule has 0 rings (SSSR count). The standard InChI is InChI=1S/C8H14O2/c1-4-8(10)5-6(2)7(3)9/h5,8,10H,4H2,1-3H3. The normalized spacial score (nSPS) is 15.0. The van der Waals surface area contributed by atoms with Crippen molar-refractivity contribution in [3.05, 3.63) is 11.6 Å². The molecule has 0 aliphatic carbocycles. The molecule has 0 spiro atoms. The van der Waals surface area contributed by atoms with Crippen LogP contribution in [0.4, 0.5) is 0 Å². The van der Waals surface area contributed by atoms with Crippen molar-refractivity contribution in [2.24, 2.45) is 0 Å². The van der Waals surface area contributed by atoms with E-state index in [4.69, 9.17) is 5.11 Å². The van der Waals surface area contributed by atoms with Gasteiger partial charge >= 0.3 is 0 Å². The van der Waals surface area contributed by atoms with Crippen molar-refractivity contribution >= 4 is 5.78 Å². The van der Waals surface area contributed by atoms with Crippen LogP contribution in [0.25, 0.3) is 0 Å². The quantitative estimate of drug-likeness (QED) is 0.603. The van der Waals surface area contributed by atoms with Crippen molar-refractivity contribution < 1.29 is 9.90 Å². The van der Waals surface area contributed by atoms with E-state index in [0.29, 0.717) is 12.0 Å². The van der Waals surface area contributed by atoms with Gasteiger partial charge in [0, 0.05) is 0 Å². The smallest absolute Gasteiger partial charge is 0.155 e. The number of allylic oxidation sites excluding steroid dienone is 1. The molecule has 0 heterocycles. The minimum absolute atomic E-state index is 0.0208. The fourth-order valence-corrected chi connectivity index (χ4v) is 0.524. The Labute approximate surface area is 61.6 Å². The summed E-state index contributed by atoms with van der Waals surface area (Å²) in [4.78, 5) is 10.6. The second-order valence-corrected chi connectivity index (χ2v) is 2.38. The van der Waals surface area contributed by atoms with E-state index in [-0.39, 0.29) is 5.78 Å². The Morgan fingerprint density at radius 1 is 1.60 bits per heavy atom. The van der Waals surface area contributed by atoms with Gasteiger partial charge in [-0.1, -0.05) is 6.92 Å². The molecule has 0 radical (unpaired) electrons. The Hall–Kier alpha value is -0.630. The van der Waals surface area contributed by atoms with Gasteiger partial charge in [-0.3, -0.25) is 4.79 Å². The van der Waals surface area contributed by atoms with Crippen molar-refractivity contribution in [1.29, 1.82) is 0 Å². The molecule has 0 fully saturated rings. The third kappa shape index (κ3) is 3.41. The molecule has 0 aliphatic heterocycles. The summed E-state index contributed by atoms with van der Waals surface area (Å²) in [6, 6.07) is 0. The Morgan fingerprint density at radius 2 is 2.10 bits per heavy atom. The van der Waals surface area contributed by atoms with Gasteiger partial charge in [0.2, 0.25) is 0 Å². The predicted octanol–water partition coefficient (Wildman–Crippen LogP) is 1.29. The fourth-order valence-electron chi connectivity index (χ4n) is 0.524. The first-order valence-corrected chi connectivity index (χ1v) is 3.45. The van der Waals surface area contributed by atoms with Gasteiger partial charge in [0.1, 0.15) is 0 Å². The molecule has 10 heavy (non-hydrogen) atoms.